The maximum atomic E-state index is 13.2. The second-order valence-electron chi connectivity index (χ2n) is 7.40. The number of hydrogen-bond donors (Lipinski definition) is 0. The zero-order chi connectivity index (χ0) is 20.6. The number of rotatable bonds is 3. The number of fused-ring (bicyclic) bond motifs is 1. The zero-order valence-corrected chi connectivity index (χ0v) is 16.0. The molecule has 0 aliphatic carbocycles. The Bertz CT molecular complexity index is 885. The van der Waals surface area contributed by atoms with Gasteiger partial charge in [0.25, 0.3) is 5.91 Å². The van der Waals surface area contributed by atoms with E-state index < -0.39 is 6.36 Å². The van der Waals surface area contributed by atoms with E-state index in [1.165, 1.54) is 18.2 Å². The van der Waals surface area contributed by atoms with E-state index in [-0.39, 0.29) is 17.7 Å². The van der Waals surface area contributed by atoms with Gasteiger partial charge in [-0.05, 0) is 43.0 Å². The van der Waals surface area contributed by atoms with Crippen LogP contribution in [0.5, 0.6) is 5.75 Å². The number of likely N-dealkylation sites (tertiary alicyclic amines) is 1. The van der Waals surface area contributed by atoms with Gasteiger partial charge in [0.1, 0.15) is 5.75 Å². The Balaban J connectivity index is 1.66. The first-order chi connectivity index (χ1) is 13.8. The van der Waals surface area contributed by atoms with Crippen LogP contribution in [0, 0.1) is 0 Å². The molecular weight excluding hydrogens is 383 g/mol. The van der Waals surface area contributed by atoms with E-state index in [9.17, 15) is 18.0 Å². The van der Waals surface area contributed by atoms with Gasteiger partial charge >= 0.3 is 6.36 Å². The van der Waals surface area contributed by atoms with Gasteiger partial charge in [0.2, 0.25) is 0 Å². The number of piperidine rings is 1. The van der Waals surface area contributed by atoms with Gasteiger partial charge < -0.3 is 19.4 Å². The molecule has 0 saturated carbocycles. The molecule has 3 aliphatic rings. The van der Waals surface area contributed by atoms with Gasteiger partial charge in [0.05, 0.1) is 11.6 Å². The number of amides is 1. The number of carbonyl (C=O) groups excluding carboxylic acids is 1. The van der Waals surface area contributed by atoms with Crippen LogP contribution < -0.4 is 9.64 Å². The summed E-state index contributed by atoms with van der Waals surface area (Å²) in [5, 5.41) is 0. The van der Waals surface area contributed by atoms with Gasteiger partial charge in [0, 0.05) is 50.5 Å². The number of halogens is 3. The average Bonchev–Trinajstić information content (AvgIpc) is 3.07. The van der Waals surface area contributed by atoms with Crippen LogP contribution in [0.3, 0.4) is 0 Å². The highest BCUT2D eigenvalue weighted by Gasteiger charge is 2.36. The molecule has 1 aromatic rings. The molecule has 0 bridgehead atoms. The number of likely N-dealkylation sites (N-methyl/N-ethyl adjacent to an activating group) is 1. The minimum Gasteiger partial charge on any atom is -0.406 e. The molecule has 1 unspecified atom stereocenters. The van der Waals surface area contributed by atoms with Crippen LogP contribution in [0.2, 0.25) is 0 Å². The molecule has 3 aliphatic heterocycles. The van der Waals surface area contributed by atoms with Crippen molar-refractivity contribution >= 4 is 11.6 Å². The van der Waals surface area contributed by atoms with Crippen LogP contribution >= 0.6 is 0 Å². The third kappa shape index (κ3) is 4.11. The molecule has 0 radical (unpaired) electrons. The van der Waals surface area contributed by atoms with Crippen molar-refractivity contribution in [3.63, 3.8) is 0 Å². The molecule has 0 N–H and O–H groups in total. The molecule has 1 saturated heterocycles. The summed E-state index contributed by atoms with van der Waals surface area (Å²) in [7, 11) is 1.91. The van der Waals surface area contributed by atoms with Gasteiger partial charge in [-0.15, -0.1) is 13.2 Å². The van der Waals surface area contributed by atoms with E-state index in [0.717, 1.165) is 37.9 Å². The molecule has 3 heterocycles. The summed E-state index contributed by atoms with van der Waals surface area (Å²) >= 11 is 0. The molecule has 1 amide bonds. The number of alkyl halides is 3. The number of anilines is 1. The molecular formula is C21H22F3N3O2. The Labute approximate surface area is 167 Å². The van der Waals surface area contributed by atoms with Crippen molar-refractivity contribution in [1.82, 2.24) is 9.80 Å². The van der Waals surface area contributed by atoms with Gasteiger partial charge in [-0.2, -0.15) is 0 Å². The third-order valence-electron chi connectivity index (χ3n) is 5.33. The summed E-state index contributed by atoms with van der Waals surface area (Å²) in [6.45, 7) is 1.46. The molecule has 0 aromatic heterocycles. The first kappa shape index (κ1) is 19.4. The highest BCUT2D eigenvalue weighted by molar-refractivity contribution is 5.97. The number of benzene rings is 1. The molecule has 8 heteroatoms. The lowest BCUT2D eigenvalue weighted by Gasteiger charge is -2.35. The summed E-state index contributed by atoms with van der Waals surface area (Å²) in [4.78, 5) is 18.8. The van der Waals surface area contributed by atoms with Crippen LogP contribution in [0.1, 0.15) is 19.3 Å². The van der Waals surface area contributed by atoms with Crippen LogP contribution in [0.25, 0.3) is 0 Å². The van der Waals surface area contributed by atoms with E-state index >= 15 is 0 Å². The average molecular weight is 405 g/mol. The van der Waals surface area contributed by atoms with Gasteiger partial charge in [-0.3, -0.25) is 4.79 Å². The van der Waals surface area contributed by atoms with Crippen molar-refractivity contribution in [2.75, 3.05) is 25.0 Å². The monoisotopic (exact) mass is 405 g/mol. The Morgan fingerprint density at radius 3 is 2.62 bits per heavy atom. The molecule has 1 atom stereocenters. The Kier molecular flexibility index (Phi) is 5.02. The van der Waals surface area contributed by atoms with Crippen LogP contribution in [0.4, 0.5) is 18.9 Å². The number of ether oxygens (including phenoxy) is 1. The van der Waals surface area contributed by atoms with Crippen LogP contribution in [-0.2, 0) is 4.79 Å². The molecule has 1 aromatic carbocycles. The summed E-state index contributed by atoms with van der Waals surface area (Å²) in [5.74, 6) is -0.324. The van der Waals surface area contributed by atoms with Crippen molar-refractivity contribution in [3.05, 3.63) is 60.1 Å². The predicted molar refractivity (Wildman–Crippen MR) is 103 cm³/mol. The summed E-state index contributed by atoms with van der Waals surface area (Å²) in [6.07, 6.45) is 5.72. The normalized spacial score (nSPS) is 21.7. The van der Waals surface area contributed by atoms with Gasteiger partial charge in [-0.1, -0.05) is 6.07 Å². The van der Waals surface area contributed by atoms with Crippen LogP contribution in [0.15, 0.2) is 60.1 Å². The minimum absolute atomic E-state index is 0.0245. The van der Waals surface area contributed by atoms with E-state index in [1.807, 2.05) is 35.3 Å². The van der Waals surface area contributed by atoms with Crippen molar-refractivity contribution in [3.8, 4) is 5.75 Å². The number of nitrogens with zero attached hydrogens (tertiary/aromatic N) is 3. The topological polar surface area (TPSA) is 36.0 Å². The van der Waals surface area contributed by atoms with Gasteiger partial charge in [0.15, 0.2) is 0 Å². The second kappa shape index (κ2) is 7.50. The highest BCUT2D eigenvalue weighted by Crippen LogP contribution is 2.35. The molecule has 4 rings (SSSR count). The Morgan fingerprint density at radius 2 is 1.90 bits per heavy atom. The smallest absolute Gasteiger partial charge is 0.406 e. The fourth-order valence-corrected chi connectivity index (χ4v) is 3.99. The van der Waals surface area contributed by atoms with Crippen LogP contribution in [-0.4, -0.2) is 48.2 Å². The van der Waals surface area contributed by atoms with Crippen molar-refractivity contribution in [2.45, 2.75) is 31.7 Å². The van der Waals surface area contributed by atoms with E-state index in [0.29, 0.717) is 11.3 Å². The summed E-state index contributed by atoms with van der Waals surface area (Å²) in [6, 6.07) is 5.56. The Morgan fingerprint density at radius 1 is 1.14 bits per heavy atom. The van der Waals surface area contributed by atoms with E-state index in [4.69, 9.17) is 0 Å². The molecule has 29 heavy (non-hydrogen) atoms. The van der Waals surface area contributed by atoms with Crippen molar-refractivity contribution < 1.29 is 22.7 Å². The standard InChI is InChI=1S/C21H22F3N3O2/c1-25-11-8-15-13-27(16-6-5-7-17(12-16)29-21(22,23)24)14-18(19(15)25)20(28)26-9-3-2-4-10-26/h5-8,11-14,19H,2-4,9-10H2,1H3. The van der Waals surface area contributed by atoms with E-state index in [2.05, 4.69) is 4.74 Å². The Hall–Kier alpha value is -2.90. The number of carbonyl (C=O) groups is 1. The molecule has 5 nitrogen and oxygen atoms in total. The molecule has 154 valence electrons. The number of hydrogen-bond acceptors (Lipinski definition) is 4. The first-order valence-corrected chi connectivity index (χ1v) is 9.59. The lowest BCUT2D eigenvalue weighted by molar-refractivity contribution is -0.274. The summed E-state index contributed by atoms with van der Waals surface area (Å²) in [5.41, 5.74) is 2.01. The fourth-order valence-electron chi connectivity index (χ4n) is 3.99. The lowest BCUT2D eigenvalue weighted by atomic mass is 9.96. The minimum atomic E-state index is -4.76. The maximum Gasteiger partial charge on any atom is 0.573 e. The van der Waals surface area contributed by atoms with E-state index in [1.54, 1.807) is 17.2 Å². The largest absolute Gasteiger partial charge is 0.573 e. The predicted octanol–water partition coefficient (Wildman–Crippen LogP) is 4.01. The first-order valence-electron chi connectivity index (χ1n) is 9.59. The van der Waals surface area contributed by atoms with Gasteiger partial charge in [-0.25, -0.2) is 0 Å². The zero-order valence-electron chi connectivity index (χ0n) is 16.0. The lowest BCUT2D eigenvalue weighted by Crippen LogP contribution is -2.43. The summed E-state index contributed by atoms with van der Waals surface area (Å²) < 4.78 is 41.8. The second-order valence-corrected chi connectivity index (χ2v) is 7.40. The molecule has 1 fully saturated rings. The quantitative estimate of drug-likeness (QED) is 0.761. The third-order valence-corrected chi connectivity index (χ3v) is 5.33. The highest BCUT2D eigenvalue weighted by atomic mass is 19.4. The SMILES string of the molecule is CN1C=CC2=CN(c3cccc(OC(F)(F)F)c3)C=C(C(=O)N3CCCCC3)C21. The fraction of sp³-hybridized carbons (Fsp3) is 0.381. The van der Waals surface area contributed by atoms with Crippen molar-refractivity contribution in [2.24, 2.45) is 0 Å². The maximum absolute atomic E-state index is 13.2. The molecule has 0 spiro atoms. The van der Waals surface area contributed by atoms with Crippen molar-refractivity contribution in [1.29, 1.82) is 0 Å².